The zero-order valence-corrected chi connectivity index (χ0v) is 9.81. The van der Waals surface area contributed by atoms with Gasteiger partial charge in [0, 0.05) is 0 Å². The third-order valence-corrected chi connectivity index (χ3v) is 4.52. The molecule has 0 amide bonds. The molecule has 2 aliphatic rings. The van der Waals surface area contributed by atoms with E-state index < -0.39 is 0 Å². The van der Waals surface area contributed by atoms with Gasteiger partial charge in [-0.25, -0.2) is 0 Å². The maximum Gasteiger partial charge on any atom is -0.00204 e. The highest BCUT2D eigenvalue weighted by atomic mass is 14.6. The van der Waals surface area contributed by atoms with E-state index in [1.807, 2.05) is 0 Å². The predicted octanol–water partition coefficient (Wildman–Crippen LogP) is 3.33. The quantitative estimate of drug-likeness (QED) is 0.734. The Morgan fingerprint density at radius 1 is 1.07 bits per heavy atom. The van der Waals surface area contributed by atoms with Gasteiger partial charge < -0.3 is 5.73 Å². The Bertz CT molecular complexity index is 193. The van der Waals surface area contributed by atoms with Crippen LogP contribution in [-0.4, -0.2) is 6.54 Å². The predicted molar refractivity (Wildman–Crippen MR) is 61.1 cm³/mol. The Morgan fingerprint density at radius 2 is 1.64 bits per heavy atom. The van der Waals surface area contributed by atoms with E-state index >= 15 is 0 Å². The van der Waals surface area contributed by atoms with Crippen LogP contribution in [0.1, 0.15) is 58.8 Å². The first-order valence-electron chi connectivity index (χ1n) is 6.25. The van der Waals surface area contributed by atoms with E-state index in [2.05, 4.69) is 13.8 Å². The Labute approximate surface area is 88.4 Å². The molecule has 0 aromatic heterocycles. The average molecular weight is 195 g/mol. The highest BCUT2D eigenvalue weighted by Crippen LogP contribution is 2.51. The molecule has 14 heavy (non-hydrogen) atoms. The second-order valence-corrected chi connectivity index (χ2v) is 6.52. The van der Waals surface area contributed by atoms with E-state index in [-0.39, 0.29) is 0 Å². The molecule has 2 N–H and O–H groups in total. The molecule has 0 unspecified atom stereocenters. The number of hydrogen-bond donors (Lipinski definition) is 1. The smallest absolute Gasteiger partial charge is 0.00204 e. The van der Waals surface area contributed by atoms with Gasteiger partial charge in [-0.15, -0.1) is 0 Å². The van der Waals surface area contributed by atoms with Crippen LogP contribution in [-0.2, 0) is 0 Å². The van der Waals surface area contributed by atoms with Crippen LogP contribution < -0.4 is 5.73 Å². The first kappa shape index (κ1) is 10.5. The van der Waals surface area contributed by atoms with Gasteiger partial charge in [0.1, 0.15) is 0 Å². The molecule has 0 spiro atoms. The van der Waals surface area contributed by atoms with Gasteiger partial charge in [-0.05, 0) is 55.4 Å². The molecule has 0 atom stereocenters. The molecule has 2 aliphatic carbocycles. The standard InChI is InChI=1S/C13H25N/c1-12(2)5-7-13(10-14,8-6-12)9-11-3-4-11/h11H,3-10,14H2,1-2H3. The molecule has 1 nitrogen and oxygen atoms in total. The van der Waals surface area contributed by atoms with E-state index in [4.69, 9.17) is 5.73 Å². The molecule has 1 heteroatoms. The fourth-order valence-electron chi connectivity index (χ4n) is 2.88. The van der Waals surface area contributed by atoms with Crippen LogP contribution in [0.5, 0.6) is 0 Å². The van der Waals surface area contributed by atoms with Gasteiger partial charge in [0.25, 0.3) is 0 Å². The summed E-state index contributed by atoms with van der Waals surface area (Å²) in [6, 6.07) is 0. The number of rotatable bonds is 3. The van der Waals surface area contributed by atoms with Gasteiger partial charge in [-0.1, -0.05) is 26.7 Å². The van der Waals surface area contributed by atoms with Gasteiger partial charge >= 0.3 is 0 Å². The van der Waals surface area contributed by atoms with Crippen LogP contribution in [0, 0.1) is 16.7 Å². The number of hydrogen-bond acceptors (Lipinski definition) is 1. The zero-order valence-electron chi connectivity index (χ0n) is 9.81. The molecule has 2 fully saturated rings. The maximum atomic E-state index is 6.00. The first-order valence-corrected chi connectivity index (χ1v) is 6.25. The molecule has 0 aromatic carbocycles. The van der Waals surface area contributed by atoms with Crippen molar-refractivity contribution in [1.82, 2.24) is 0 Å². The van der Waals surface area contributed by atoms with Crippen molar-refractivity contribution >= 4 is 0 Å². The lowest BCUT2D eigenvalue weighted by molar-refractivity contribution is 0.0940. The SMILES string of the molecule is CC1(C)CCC(CN)(CC2CC2)CC1. The van der Waals surface area contributed by atoms with Crippen molar-refractivity contribution in [3.63, 3.8) is 0 Å². The Morgan fingerprint density at radius 3 is 2.07 bits per heavy atom. The Kier molecular flexibility index (Phi) is 2.63. The van der Waals surface area contributed by atoms with Gasteiger partial charge in [0.2, 0.25) is 0 Å². The van der Waals surface area contributed by atoms with E-state index in [1.54, 1.807) is 0 Å². The van der Waals surface area contributed by atoms with Crippen molar-refractivity contribution in [2.75, 3.05) is 6.54 Å². The van der Waals surface area contributed by atoms with Crippen LogP contribution in [0.15, 0.2) is 0 Å². The third kappa shape index (κ3) is 2.31. The third-order valence-electron chi connectivity index (χ3n) is 4.52. The molecular weight excluding hydrogens is 170 g/mol. The van der Waals surface area contributed by atoms with Crippen molar-refractivity contribution in [2.45, 2.75) is 58.8 Å². The van der Waals surface area contributed by atoms with Crippen LogP contribution >= 0.6 is 0 Å². The van der Waals surface area contributed by atoms with Crippen LogP contribution in [0.4, 0.5) is 0 Å². The molecule has 2 saturated carbocycles. The van der Waals surface area contributed by atoms with E-state index in [9.17, 15) is 0 Å². The maximum absolute atomic E-state index is 6.00. The molecule has 0 heterocycles. The minimum absolute atomic E-state index is 0.538. The highest BCUT2D eigenvalue weighted by Gasteiger charge is 2.40. The molecule has 0 aliphatic heterocycles. The molecule has 0 radical (unpaired) electrons. The van der Waals surface area contributed by atoms with Crippen molar-refractivity contribution < 1.29 is 0 Å². The summed E-state index contributed by atoms with van der Waals surface area (Å²) in [5.41, 5.74) is 7.13. The van der Waals surface area contributed by atoms with E-state index in [0.717, 1.165) is 12.5 Å². The lowest BCUT2D eigenvalue weighted by Gasteiger charge is -2.43. The van der Waals surface area contributed by atoms with E-state index in [1.165, 1.54) is 44.9 Å². The Hall–Kier alpha value is -0.0400. The monoisotopic (exact) mass is 195 g/mol. The van der Waals surface area contributed by atoms with Crippen molar-refractivity contribution in [2.24, 2.45) is 22.5 Å². The molecular formula is C13H25N. The lowest BCUT2D eigenvalue weighted by Crippen LogP contribution is -2.37. The normalized spacial score (nSPS) is 30.2. The topological polar surface area (TPSA) is 26.0 Å². The summed E-state index contributed by atoms with van der Waals surface area (Å²) >= 11 is 0. The van der Waals surface area contributed by atoms with Crippen molar-refractivity contribution in [1.29, 1.82) is 0 Å². The van der Waals surface area contributed by atoms with Crippen molar-refractivity contribution in [3.8, 4) is 0 Å². The zero-order chi connectivity index (χ0) is 10.2. The minimum Gasteiger partial charge on any atom is -0.330 e. The summed E-state index contributed by atoms with van der Waals surface area (Å²) in [4.78, 5) is 0. The van der Waals surface area contributed by atoms with Gasteiger partial charge in [0.15, 0.2) is 0 Å². The molecule has 0 aromatic rings. The average Bonchev–Trinajstić information content (AvgIpc) is 2.93. The second kappa shape index (κ2) is 3.52. The largest absolute Gasteiger partial charge is 0.330 e. The van der Waals surface area contributed by atoms with E-state index in [0.29, 0.717) is 10.8 Å². The molecule has 0 saturated heterocycles. The first-order chi connectivity index (χ1) is 6.55. The minimum atomic E-state index is 0.538. The summed E-state index contributed by atoms with van der Waals surface area (Å²) < 4.78 is 0. The van der Waals surface area contributed by atoms with Crippen LogP contribution in [0.2, 0.25) is 0 Å². The summed E-state index contributed by atoms with van der Waals surface area (Å²) in [5, 5.41) is 0. The van der Waals surface area contributed by atoms with Crippen LogP contribution in [0.3, 0.4) is 0 Å². The van der Waals surface area contributed by atoms with Crippen molar-refractivity contribution in [3.05, 3.63) is 0 Å². The fourth-order valence-corrected chi connectivity index (χ4v) is 2.88. The molecule has 82 valence electrons. The Balaban J connectivity index is 1.93. The summed E-state index contributed by atoms with van der Waals surface area (Å²) in [5.74, 6) is 1.04. The molecule has 2 rings (SSSR count). The number of nitrogens with two attached hydrogens (primary N) is 1. The van der Waals surface area contributed by atoms with Crippen LogP contribution in [0.25, 0.3) is 0 Å². The molecule has 0 bridgehead atoms. The van der Waals surface area contributed by atoms with Gasteiger partial charge in [-0.2, -0.15) is 0 Å². The summed E-state index contributed by atoms with van der Waals surface area (Å²) in [7, 11) is 0. The second-order valence-electron chi connectivity index (χ2n) is 6.52. The van der Waals surface area contributed by atoms with Gasteiger partial charge in [0.05, 0.1) is 0 Å². The fraction of sp³-hybridized carbons (Fsp3) is 1.00. The lowest BCUT2D eigenvalue weighted by atomic mass is 9.63. The summed E-state index contributed by atoms with van der Waals surface area (Å²) in [6.45, 7) is 5.74. The highest BCUT2D eigenvalue weighted by molar-refractivity contribution is 4.93. The summed E-state index contributed by atoms with van der Waals surface area (Å²) in [6.07, 6.45) is 9.92. The van der Waals surface area contributed by atoms with Gasteiger partial charge in [-0.3, -0.25) is 0 Å².